The number of nitro groups is 1. The van der Waals surface area contributed by atoms with Crippen molar-refractivity contribution >= 4 is 11.4 Å². The Bertz CT molecular complexity index is 720. The fraction of sp³-hybridized carbons (Fsp3) is 0.133. The normalized spacial score (nSPS) is 9.76. The molecule has 0 aliphatic carbocycles. The van der Waals surface area contributed by atoms with E-state index in [0.717, 1.165) is 5.69 Å². The van der Waals surface area contributed by atoms with Crippen molar-refractivity contribution in [3.05, 3.63) is 58.1 Å². The van der Waals surface area contributed by atoms with Crippen LogP contribution in [0.15, 0.2) is 42.5 Å². The molecule has 0 atom stereocenters. The summed E-state index contributed by atoms with van der Waals surface area (Å²) >= 11 is 0. The smallest absolute Gasteiger partial charge is 0.287 e. The molecule has 0 saturated carbocycles. The van der Waals surface area contributed by atoms with Crippen molar-refractivity contribution in [1.82, 2.24) is 0 Å². The lowest BCUT2D eigenvalue weighted by molar-refractivity contribution is -0.385. The summed E-state index contributed by atoms with van der Waals surface area (Å²) in [5.41, 5.74) is 0.711. The van der Waals surface area contributed by atoms with Crippen LogP contribution < -0.4 is 9.64 Å². The van der Waals surface area contributed by atoms with Crippen LogP contribution in [0.4, 0.5) is 11.4 Å². The third-order valence-corrected chi connectivity index (χ3v) is 2.85. The van der Waals surface area contributed by atoms with Gasteiger partial charge in [0.05, 0.1) is 4.92 Å². The first-order valence-electron chi connectivity index (χ1n) is 6.15. The highest BCUT2D eigenvalue weighted by Gasteiger charge is 2.14. The molecule has 6 heteroatoms. The Balaban J connectivity index is 2.30. The zero-order valence-electron chi connectivity index (χ0n) is 11.6. The van der Waals surface area contributed by atoms with E-state index in [2.05, 4.69) is 0 Å². The number of benzene rings is 2. The number of rotatable bonds is 4. The zero-order chi connectivity index (χ0) is 15.4. The number of nitriles is 1. The van der Waals surface area contributed by atoms with Crippen molar-refractivity contribution in [1.29, 1.82) is 5.26 Å². The molecule has 0 heterocycles. The van der Waals surface area contributed by atoms with Crippen LogP contribution in [0, 0.1) is 21.4 Å². The van der Waals surface area contributed by atoms with E-state index < -0.39 is 4.92 Å². The van der Waals surface area contributed by atoms with Gasteiger partial charge in [-0.05, 0) is 18.2 Å². The number of ether oxygens (including phenoxy) is 1. The van der Waals surface area contributed by atoms with E-state index in [0.29, 0.717) is 11.5 Å². The first-order valence-corrected chi connectivity index (χ1v) is 6.15. The Labute approximate surface area is 122 Å². The molecular formula is C15H13N3O3. The summed E-state index contributed by atoms with van der Waals surface area (Å²) in [4.78, 5) is 12.1. The molecule has 0 aliphatic heterocycles. The zero-order valence-corrected chi connectivity index (χ0v) is 11.6. The summed E-state index contributed by atoms with van der Waals surface area (Å²) in [5.74, 6) is 0.979. The van der Waals surface area contributed by atoms with Crippen molar-refractivity contribution in [2.75, 3.05) is 19.0 Å². The van der Waals surface area contributed by atoms with E-state index in [1.807, 2.05) is 37.2 Å². The maximum Gasteiger partial charge on any atom is 0.287 e. The first-order chi connectivity index (χ1) is 10.0. The molecule has 0 spiro atoms. The molecule has 2 aromatic carbocycles. The van der Waals surface area contributed by atoms with Crippen molar-refractivity contribution < 1.29 is 9.66 Å². The number of nitrogens with zero attached hydrogens (tertiary/aromatic N) is 3. The van der Waals surface area contributed by atoms with Gasteiger partial charge in [-0.15, -0.1) is 0 Å². The summed E-state index contributed by atoms with van der Waals surface area (Å²) in [6, 6.07) is 13.3. The van der Waals surface area contributed by atoms with Crippen molar-refractivity contribution in [3.63, 3.8) is 0 Å². The predicted molar refractivity (Wildman–Crippen MR) is 78.7 cm³/mol. The maximum atomic E-state index is 10.8. The highest BCUT2D eigenvalue weighted by molar-refractivity contribution is 5.54. The maximum absolute atomic E-state index is 10.8. The predicted octanol–water partition coefficient (Wildman–Crippen LogP) is 3.32. The Kier molecular flexibility index (Phi) is 4.05. The minimum absolute atomic E-state index is 0.0266. The Morgan fingerprint density at radius 2 is 1.90 bits per heavy atom. The second-order valence-electron chi connectivity index (χ2n) is 4.54. The van der Waals surface area contributed by atoms with E-state index in [9.17, 15) is 10.1 Å². The number of hydrogen-bond acceptors (Lipinski definition) is 5. The molecule has 0 unspecified atom stereocenters. The molecule has 106 valence electrons. The van der Waals surface area contributed by atoms with Crippen LogP contribution in [-0.4, -0.2) is 19.0 Å². The summed E-state index contributed by atoms with van der Waals surface area (Å²) in [5, 5.41) is 19.7. The van der Waals surface area contributed by atoms with E-state index in [4.69, 9.17) is 10.00 Å². The molecule has 0 fully saturated rings. The molecule has 2 aromatic rings. The number of nitro benzene ring substituents is 1. The van der Waals surface area contributed by atoms with Crippen molar-refractivity contribution in [2.24, 2.45) is 0 Å². The molecular weight excluding hydrogens is 270 g/mol. The van der Waals surface area contributed by atoms with E-state index in [1.54, 1.807) is 12.1 Å². The van der Waals surface area contributed by atoms with Gasteiger partial charge in [-0.25, -0.2) is 0 Å². The highest BCUT2D eigenvalue weighted by Crippen LogP contribution is 2.28. The average molecular weight is 283 g/mol. The third kappa shape index (κ3) is 3.28. The SMILES string of the molecule is CN(C)c1cccc(Oc2ccc([N+](=O)[O-])c(C#N)c2)c1. The van der Waals surface area contributed by atoms with Gasteiger partial charge in [-0.3, -0.25) is 10.1 Å². The van der Waals surface area contributed by atoms with Gasteiger partial charge in [-0.2, -0.15) is 5.26 Å². The summed E-state index contributed by atoms with van der Waals surface area (Å²) in [7, 11) is 3.83. The van der Waals surface area contributed by atoms with Gasteiger partial charge < -0.3 is 9.64 Å². The van der Waals surface area contributed by atoms with Crippen LogP contribution in [0.2, 0.25) is 0 Å². The van der Waals surface area contributed by atoms with Gasteiger partial charge in [-0.1, -0.05) is 6.07 Å². The Hall–Kier alpha value is -3.07. The van der Waals surface area contributed by atoms with Crippen LogP contribution >= 0.6 is 0 Å². The van der Waals surface area contributed by atoms with Gasteiger partial charge in [0.2, 0.25) is 0 Å². The lowest BCUT2D eigenvalue weighted by atomic mass is 10.2. The van der Waals surface area contributed by atoms with Crippen LogP contribution in [0.25, 0.3) is 0 Å². The molecule has 6 nitrogen and oxygen atoms in total. The van der Waals surface area contributed by atoms with Crippen molar-refractivity contribution in [2.45, 2.75) is 0 Å². The second-order valence-corrected chi connectivity index (χ2v) is 4.54. The van der Waals surface area contributed by atoms with E-state index in [-0.39, 0.29) is 11.3 Å². The number of anilines is 1. The highest BCUT2D eigenvalue weighted by atomic mass is 16.6. The fourth-order valence-electron chi connectivity index (χ4n) is 1.79. The lowest BCUT2D eigenvalue weighted by Crippen LogP contribution is -2.08. The summed E-state index contributed by atoms with van der Waals surface area (Å²) in [6.07, 6.45) is 0. The van der Waals surface area contributed by atoms with Crippen LogP contribution in [0.3, 0.4) is 0 Å². The van der Waals surface area contributed by atoms with Crippen LogP contribution in [0.1, 0.15) is 5.56 Å². The molecule has 0 bridgehead atoms. The second kappa shape index (κ2) is 5.92. The molecule has 0 aromatic heterocycles. The quantitative estimate of drug-likeness (QED) is 0.635. The molecule has 0 N–H and O–H groups in total. The van der Waals surface area contributed by atoms with Crippen LogP contribution in [0.5, 0.6) is 11.5 Å². The minimum Gasteiger partial charge on any atom is -0.457 e. The summed E-state index contributed by atoms with van der Waals surface area (Å²) in [6.45, 7) is 0. The van der Waals surface area contributed by atoms with E-state index in [1.165, 1.54) is 18.2 Å². The molecule has 0 radical (unpaired) electrons. The van der Waals surface area contributed by atoms with Gasteiger partial charge in [0, 0.05) is 38.0 Å². The molecule has 21 heavy (non-hydrogen) atoms. The first kappa shape index (κ1) is 14.3. The van der Waals surface area contributed by atoms with Crippen molar-refractivity contribution in [3.8, 4) is 17.6 Å². The Morgan fingerprint density at radius 1 is 1.19 bits per heavy atom. The monoisotopic (exact) mass is 283 g/mol. The van der Waals surface area contributed by atoms with Gasteiger partial charge in [0.25, 0.3) is 5.69 Å². The Morgan fingerprint density at radius 3 is 2.52 bits per heavy atom. The fourth-order valence-corrected chi connectivity index (χ4v) is 1.79. The molecule has 0 aliphatic rings. The van der Waals surface area contributed by atoms with Crippen LogP contribution in [-0.2, 0) is 0 Å². The largest absolute Gasteiger partial charge is 0.457 e. The van der Waals surface area contributed by atoms with Gasteiger partial charge in [0.15, 0.2) is 0 Å². The topological polar surface area (TPSA) is 79.4 Å². The number of hydrogen-bond donors (Lipinski definition) is 0. The standard InChI is InChI=1S/C15H13N3O3/c1-17(2)12-4-3-5-13(9-12)21-14-6-7-15(18(19)20)11(8-14)10-16/h3-9H,1-2H3. The van der Waals surface area contributed by atoms with E-state index >= 15 is 0 Å². The lowest BCUT2D eigenvalue weighted by Gasteiger charge is -2.14. The molecule has 0 saturated heterocycles. The minimum atomic E-state index is -0.588. The third-order valence-electron chi connectivity index (χ3n) is 2.85. The van der Waals surface area contributed by atoms with Gasteiger partial charge >= 0.3 is 0 Å². The molecule has 2 rings (SSSR count). The van der Waals surface area contributed by atoms with Gasteiger partial charge in [0.1, 0.15) is 23.1 Å². The summed E-state index contributed by atoms with van der Waals surface area (Å²) < 4.78 is 5.65. The molecule has 0 amide bonds. The average Bonchev–Trinajstić information content (AvgIpc) is 2.47.